The molecule has 3 heterocycles. The first-order chi connectivity index (χ1) is 20.5. The van der Waals surface area contributed by atoms with Crippen LogP contribution in [0.25, 0.3) is 0 Å². The predicted octanol–water partition coefficient (Wildman–Crippen LogP) is 5.59. The quantitative estimate of drug-likeness (QED) is 0.237. The largest absolute Gasteiger partial charge is 0.468 e. The van der Waals surface area contributed by atoms with Crippen LogP contribution in [0.1, 0.15) is 55.7 Å². The number of allylic oxidation sites excluding steroid dienone is 2. The minimum atomic E-state index is -0.619. The third-order valence-corrected chi connectivity index (χ3v) is 8.96. The third kappa shape index (κ3) is 5.93. The molecule has 2 aromatic carbocycles. The SMILES string of the molecule is COC(=O)C1C(C)=NC(C)=C(N(C=O)CCCN2CCC(c3ccccc3)(c3ccccc3)CC2)C1c1cccnc1. The van der Waals surface area contributed by atoms with Gasteiger partial charge in [-0.1, -0.05) is 66.7 Å². The zero-order chi connectivity index (χ0) is 29.5. The van der Waals surface area contributed by atoms with E-state index in [9.17, 15) is 9.59 Å². The lowest BCUT2D eigenvalue weighted by atomic mass is 9.68. The van der Waals surface area contributed by atoms with Crippen LogP contribution in [0.5, 0.6) is 0 Å². The minimum Gasteiger partial charge on any atom is -0.468 e. The number of aromatic nitrogens is 1. The van der Waals surface area contributed by atoms with Crippen molar-refractivity contribution in [3.63, 3.8) is 0 Å². The Morgan fingerprint density at radius 1 is 1.00 bits per heavy atom. The van der Waals surface area contributed by atoms with Gasteiger partial charge in [0.15, 0.2) is 0 Å². The van der Waals surface area contributed by atoms with Crippen LogP contribution in [-0.2, 0) is 19.7 Å². The molecule has 3 aromatic rings. The van der Waals surface area contributed by atoms with Crippen molar-refractivity contribution >= 4 is 18.1 Å². The number of methoxy groups -OCH3 is 1. The molecule has 0 spiro atoms. The molecule has 2 aliphatic rings. The lowest BCUT2D eigenvalue weighted by Crippen LogP contribution is -2.44. The topological polar surface area (TPSA) is 75.1 Å². The summed E-state index contributed by atoms with van der Waals surface area (Å²) in [5.74, 6) is -1.39. The Kier molecular flexibility index (Phi) is 9.28. The lowest BCUT2D eigenvalue weighted by Gasteiger charge is -2.43. The van der Waals surface area contributed by atoms with Gasteiger partial charge in [0.25, 0.3) is 0 Å². The zero-order valence-electron chi connectivity index (χ0n) is 24.8. The number of rotatable bonds is 10. The van der Waals surface area contributed by atoms with Gasteiger partial charge in [-0.15, -0.1) is 0 Å². The molecule has 0 bridgehead atoms. The smallest absolute Gasteiger partial charge is 0.315 e. The third-order valence-electron chi connectivity index (χ3n) is 8.96. The van der Waals surface area contributed by atoms with Crippen LogP contribution in [0.4, 0.5) is 0 Å². The van der Waals surface area contributed by atoms with Crippen molar-refractivity contribution in [2.75, 3.05) is 33.3 Å². The van der Waals surface area contributed by atoms with Gasteiger partial charge in [0.1, 0.15) is 5.92 Å². The number of piperidine rings is 1. The number of benzene rings is 2. The molecule has 7 heteroatoms. The summed E-state index contributed by atoms with van der Waals surface area (Å²) >= 11 is 0. The molecular weight excluding hydrogens is 524 g/mol. The first-order valence-corrected chi connectivity index (χ1v) is 14.8. The van der Waals surface area contributed by atoms with Gasteiger partial charge in [0, 0.05) is 36.0 Å². The highest BCUT2D eigenvalue weighted by Gasteiger charge is 2.41. The summed E-state index contributed by atoms with van der Waals surface area (Å²) in [6, 6.07) is 25.5. The monoisotopic (exact) mass is 564 g/mol. The van der Waals surface area contributed by atoms with E-state index in [0.29, 0.717) is 12.3 Å². The number of carbonyl (C=O) groups excluding carboxylic acids is 2. The van der Waals surface area contributed by atoms with E-state index in [1.165, 1.54) is 18.2 Å². The molecule has 0 N–H and O–H groups in total. The Labute approximate surface area is 248 Å². The highest BCUT2D eigenvalue weighted by molar-refractivity contribution is 6.03. The van der Waals surface area contributed by atoms with E-state index < -0.39 is 11.8 Å². The van der Waals surface area contributed by atoms with E-state index in [1.807, 2.05) is 26.0 Å². The summed E-state index contributed by atoms with van der Waals surface area (Å²) in [6.45, 7) is 7.14. The maximum Gasteiger partial charge on any atom is 0.315 e. The predicted molar refractivity (Wildman–Crippen MR) is 165 cm³/mol. The van der Waals surface area contributed by atoms with E-state index in [0.717, 1.165) is 62.3 Å². The molecule has 0 radical (unpaired) electrons. The molecule has 1 aromatic heterocycles. The van der Waals surface area contributed by atoms with E-state index in [1.54, 1.807) is 17.3 Å². The zero-order valence-corrected chi connectivity index (χ0v) is 24.8. The van der Waals surface area contributed by atoms with Gasteiger partial charge >= 0.3 is 5.97 Å². The van der Waals surface area contributed by atoms with E-state index in [2.05, 4.69) is 70.5 Å². The van der Waals surface area contributed by atoms with Crippen molar-refractivity contribution in [2.24, 2.45) is 10.9 Å². The number of ether oxygens (including phenoxy) is 1. The number of amides is 1. The Balaban J connectivity index is 1.30. The first kappa shape index (κ1) is 29.4. The van der Waals surface area contributed by atoms with Gasteiger partial charge in [0.05, 0.1) is 18.5 Å². The lowest BCUT2D eigenvalue weighted by molar-refractivity contribution is -0.143. The van der Waals surface area contributed by atoms with Crippen LogP contribution in [0.15, 0.2) is 102 Å². The fourth-order valence-electron chi connectivity index (χ4n) is 6.86. The summed E-state index contributed by atoms with van der Waals surface area (Å²) < 4.78 is 5.17. The Morgan fingerprint density at radius 2 is 1.64 bits per heavy atom. The minimum absolute atomic E-state index is 0.00752. The molecule has 5 rings (SSSR count). The maximum absolute atomic E-state index is 12.9. The summed E-state index contributed by atoms with van der Waals surface area (Å²) in [6.07, 6.45) is 7.23. The number of aliphatic imine (C=N–C) groups is 1. The van der Waals surface area contributed by atoms with Gasteiger partial charge < -0.3 is 14.5 Å². The Bertz CT molecular complexity index is 1370. The molecule has 0 saturated carbocycles. The first-order valence-electron chi connectivity index (χ1n) is 14.8. The summed E-state index contributed by atoms with van der Waals surface area (Å²) in [5.41, 5.74) is 5.77. The Morgan fingerprint density at radius 3 is 2.19 bits per heavy atom. The normalized spacial score (nSPS) is 20.5. The van der Waals surface area contributed by atoms with E-state index >= 15 is 0 Å². The highest BCUT2D eigenvalue weighted by Crippen LogP contribution is 2.42. The fraction of sp³-hybridized carbons (Fsp3) is 0.371. The second-order valence-corrected chi connectivity index (χ2v) is 11.3. The van der Waals surface area contributed by atoms with Crippen LogP contribution in [0.3, 0.4) is 0 Å². The number of esters is 1. The molecule has 1 saturated heterocycles. The second-order valence-electron chi connectivity index (χ2n) is 11.3. The molecule has 2 aliphatic heterocycles. The number of carbonyl (C=O) groups is 2. The second kappa shape index (κ2) is 13.3. The van der Waals surface area contributed by atoms with Gasteiger partial charge in [-0.3, -0.25) is 19.6 Å². The van der Waals surface area contributed by atoms with Gasteiger partial charge in [-0.05, 0) is 75.5 Å². The van der Waals surface area contributed by atoms with E-state index in [-0.39, 0.29) is 11.4 Å². The number of pyridine rings is 1. The molecule has 1 amide bonds. The van der Waals surface area contributed by atoms with Crippen molar-refractivity contribution in [1.82, 2.24) is 14.8 Å². The highest BCUT2D eigenvalue weighted by atomic mass is 16.5. The summed E-state index contributed by atoms with van der Waals surface area (Å²) in [7, 11) is 1.39. The van der Waals surface area contributed by atoms with Crippen LogP contribution < -0.4 is 0 Å². The Hall–Kier alpha value is -4.10. The summed E-state index contributed by atoms with van der Waals surface area (Å²) in [5, 5.41) is 0. The van der Waals surface area contributed by atoms with Gasteiger partial charge in [0.2, 0.25) is 6.41 Å². The molecule has 2 unspecified atom stereocenters. The maximum atomic E-state index is 12.9. The van der Waals surface area contributed by atoms with Crippen LogP contribution in [0, 0.1) is 5.92 Å². The molecule has 42 heavy (non-hydrogen) atoms. The summed E-state index contributed by atoms with van der Waals surface area (Å²) in [4.78, 5) is 38.7. The molecule has 2 atom stereocenters. The number of hydrogen-bond donors (Lipinski definition) is 0. The standard InChI is InChI=1S/C35H40N4O3/c1-26-31(34(41)42-3)32(28-12-10-19-36-24-28)33(27(2)37-26)39(25-40)21-11-20-38-22-17-35(18-23-38,29-13-6-4-7-14-29)30-15-8-5-9-16-30/h4-10,12-16,19,24-25,31-32H,11,17-18,20-23H2,1-3H3. The van der Waals surface area contributed by atoms with Crippen LogP contribution in [-0.4, -0.2) is 66.2 Å². The average Bonchev–Trinajstić information content (AvgIpc) is 3.04. The molecule has 7 nitrogen and oxygen atoms in total. The van der Waals surface area contributed by atoms with Gasteiger partial charge in [-0.2, -0.15) is 0 Å². The van der Waals surface area contributed by atoms with Crippen molar-refractivity contribution < 1.29 is 14.3 Å². The van der Waals surface area contributed by atoms with Gasteiger partial charge in [-0.25, -0.2) is 0 Å². The fourth-order valence-corrected chi connectivity index (χ4v) is 6.86. The molecule has 0 aliphatic carbocycles. The number of nitrogens with zero attached hydrogens (tertiary/aromatic N) is 4. The molecular formula is C35H40N4O3. The van der Waals surface area contributed by atoms with Crippen molar-refractivity contribution in [3.05, 3.63) is 113 Å². The van der Waals surface area contributed by atoms with Crippen molar-refractivity contribution in [2.45, 2.75) is 44.4 Å². The molecule has 218 valence electrons. The van der Waals surface area contributed by atoms with Crippen LogP contribution in [0.2, 0.25) is 0 Å². The molecule has 1 fully saturated rings. The average molecular weight is 565 g/mol. The number of hydrogen-bond acceptors (Lipinski definition) is 6. The van der Waals surface area contributed by atoms with Crippen LogP contribution >= 0.6 is 0 Å². The van der Waals surface area contributed by atoms with Crippen molar-refractivity contribution in [1.29, 1.82) is 0 Å². The van der Waals surface area contributed by atoms with Crippen molar-refractivity contribution in [3.8, 4) is 0 Å². The number of likely N-dealkylation sites (tertiary alicyclic amines) is 1. The van der Waals surface area contributed by atoms with E-state index in [4.69, 9.17) is 9.73 Å².